The molecule has 0 aromatic carbocycles. The van der Waals surface area contributed by atoms with Crippen LogP contribution < -0.4 is 0 Å². The molecule has 0 atom stereocenters. The number of ether oxygens (including phenoxy) is 2. The van der Waals surface area contributed by atoms with Crippen LogP contribution in [0.2, 0.25) is 0 Å². The summed E-state index contributed by atoms with van der Waals surface area (Å²) in [6, 6.07) is 0. The van der Waals surface area contributed by atoms with E-state index in [4.69, 9.17) is 9.47 Å². The van der Waals surface area contributed by atoms with Gasteiger partial charge in [0.15, 0.2) is 0 Å². The Morgan fingerprint density at radius 2 is 1.00 bits per heavy atom. The zero-order valence-electron chi connectivity index (χ0n) is 14.8. The molecular weight excluding hydrogens is 320 g/mol. The number of unbranched alkanes of at least 4 members (excludes halogenated alkanes) is 6. The van der Waals surface area contributed by atoms with E-state index in [9.17, 15) is 8.42 Å². The predicted octanol–water partition coefficient (Wildman–Crippen LogP) is 3.46. The van der Waals surface area contributed by atoms with Crippen LogP contribution in [0.1, 0.15) is 65.2 Å². The van der Waals surface area contributed by atoms with Crippen molar-refractivity contribution in [2.75, 3.05) is 39.6 Å². The highest BCUT2D eigenvalue weighted by molar-refractivity contribution is 7.81. The van der Waals surface area contributed by atoms with Crippen molar-refractivity contribution in [1.29, 1.82) is 0 Å². The maximum atomic E-state index is 11.4. The van der Waals surface area contributed by atoms with Crippen LogP contribution in [-0.2, 0) is 28.2 Å². The molecule has 0 rings (SSSR count). The Morgan fingerprint density at radius 3 is 1.39 bits per heavy atom. The van der Waals surface area contributed by atoms with E-state index >= 15 is 0 Å². The van der Waals surface area contributed by atoms with Crippen LogP contribution in [0.15, 0.2) is 0 Å². The molecule has 7 heteroatoms. The van der Waals surface area contributed by atoms with Crippen LogP contribution in [0.25, 0.3) is 0 Å². The second-order valence-corrected chi connectivity index (χ2v) is 6.69. The Bertz CT molecular complexity index is 305. The highest BCUT2D eigenvalue weighted by atomic mass is 32.3. The third-order valence-corrected chi connectivity index (χ3v) is 4.11. The third kappa shape index (κ3) is 18.0. The molecule has 0 bridgehead atoms. The van der Waals surface area contributed by atoms with Gasteiger partial charge in [-0.25, -0.2) is 8.37 Å². The van der Waals surface area contributed by atoms with E-state index in [-0.39, 0.29) is 26.4 Å². The maximum absolute atomic E-state index is 11.4. The highest BCUT2D eigenvalue weighted by Gasteiger charge is 2.11. The molecule has 140 valence electrons. The fourth-order valence-corrected chi connectivity index (χ4v) is 2.50. The number of hydrogen-bond acceptors (Lipinski definition) is 6. The first-order chi connectivity index (χ1) is 11.1. The van der Waals surface area contributed by atoms with Gasteiger partial charge in [-0.05, 0) is 12.8 Å². The molecule has 0 aliphatic rings. The van der Waals surface area contributed by atoms with Crippen molar-refractivity contribution in [1.82, 2.24) is 0 Å². The van der Waals surface area contributed by atoms with Gasteiger partial charge < -0.3 is 9.47 Å². The van der Waals surface area contributed by atoms with Crippen LogP contribution in [0.3, 0.4) is 0 Å². The molecule has 6 nitrogen and oxygen atoms in total. The summed E-state index contributed by atoms with van der Waals surface area (Å²) in [6.07, 6.45) is 9.02. The molecule has 0 saturated heterocycles. The summed E-state index contributed by atoms with van der Waals surface area (Å²) in [5.41, 5.74) is 0. The van der Waals surface area contributed by atoms with Crippen molar-refractivity contribution in [3.05, 3.63) is 0 Å². The van der Waals surface area contributed by atoms with Crippen molar-refractivity contribution in [2.45, 2.75) is 65.2 Å². The largest absolute Gasteiger partial charge is 0.400 e. The second kappa shape index (κ2) is 16.6. The fourth-order valence-electron chi connectivity index (χ4n) is 1.89. The van der Waals surface area contributed by atoms with E-state index in [2.05, 4.69) is 22.2 Å². The molecule has 0 unspecified atom stereocenters. The summed E-state index contributed by atoms with van der Waals surface area (Å²) in [4.78, 5) is 0. The molecule has 0 aliphatic carbocycles. The smallest absolute Gasteiger partial charge is 0.379 e. The van der Waals surface area contributed by atoms with Crippen molar-refractivity contribution in [3.8, 4) is 0 Å². The summed E-state index contributed by atoms with van der Waals surface area (Å²) in [6.45, 7) is 6.04. The van der Waals surface area contributed by atoms with Crippen LogP contribution in [0, 0.1) is 0 Å². The summed E-state index contributed by atoms with van der Waals surface area (Å²) in [5, 5.41) is 0. The highest BCUT2D eigenvalue weighted by Crippen LogP contribution is 2.01. The molecule has 0 aromatic rings. The molecule has 23 heavy (non-hydrogen) atoms. The van der Waals surface area contributed by atoms with Gasteiger partial charge in [-0.3, -0.25) is 0 Å². The van der Waals surface area contributed by atoms with Gasteiger partial charge in [0, 0.05) is 13.2 Å². The first-order valence-electron chi connectivity index (χ1n) is 8.81. The zero-order chi connectivity index (χ0) is 17.2. The van der Waals surface area contributed by atoms with Crippen molar-refractivity contribution < 1.29 is 26.3 Å². The van der Waals surface area contributed by atoms with E-state index in [1.54, 1.807) is 0 Å². The molecule has 0 amide bonds. The van der Waals surface area contributed by atoms with E-state index in [0.717, 1.165) is 25.7 Å². The molecular formula is C16H34O6S. The van der Waals surface area contributed by atoms with Crippen LogP contribution in [0.5, 0.6) is 0 Å². The lowest BCUT2D eigenvalue weighted by Gasteiger charge is -2.07. The van der Waals surface area contributed by atoms with Gasteiger partial charge in [0.1, 0.15) is 0 Å². The molecule has 0 fully saturated rings. The lowest BCUT2D eigenvalue weighted by molar-refractivity contribution is 0.0757. The third-order valence-electron chi connectivity index (χ3n) is 3.20. The first-order valence-corrected chi connectivity index (χ1v) is 10.1. The topological polar surface area (TPSA) is 71.1 Å². The van der Waals surface area contributed by atoms with Gasteiger partial charge in [-0.2, -0.15) is 8.42 Å². The van der Waals surface area contributed by atoms with Crippen LogP contribution >= 0.6 is 0 Å². The molecule has 0 heterocycles. The average molecular weight is 355 g/mol. The molecule has 0 aliphatic heterocycles. The predicted molar refractivity (Wildman–Crippen MR) is 90.7 cm³/mol. The summed E-state index contributed by atoms with van der Waals surface area (Å²) in [5.74, 6) is 0. The van der Waals surface area contributed by atoms with Gasteiger partial charge in [0.25, 0.3) is 0 Å². The molecule has 0 spiro atoms. The van der Waals surface area contributed by atoms with E-state index in [1.807, 2.05) is 0 Å². The van der Waals surface area contributed by atoms with Crippen molar-refractivity contribution in [3.63, 3.8) is 0 Å². The van der Waals surface area contributed by atoms with E-state index < -0.39 is 10.4 Å². The van der Waals surface area contributed by atoms with Crippen LogP contribution in [0.4, 0.5) is 0 Å². The lowest BCUT2D eigenvalue weighted by atomic mass is 10.2. The molecule has 0 radical (unpaired) electrons. The van der Waals surface area contributed by atoms with Gasteiger partial charge in [0.05, 0.1) is 26.4 Å². The maximum Gasteiger partial charge on any atom is 0.400 e. The molecule has 0 N–H and O–H groups in total. The minimum Gasteiger partial charge on any atom is -0.379 e. The Balaban J connectivity index is 3.37. The SMILES string of the molecule is CCCCCCOCCOS(=O)(=O)OCCOCCCCCC. The van der Waals surface area contributed by atoms with E-state index in [0.29, 0.717) is 13.2 Å². The molecule has 0 saturated carbocycles. The monoisotopic (exact) mass is 354 g/mol. The summed E-state index contributed by atoms with van der Waals surface area (Å²) >= 11 is 0. The standard InChI is InChI=1S/C16H34O6S/c1-3-5-7-9-11-19-13-15-21-23(17,18)22-16-14-20-12-10-8-6-4-2/h3-16H2,1-2H3. The van der Waals surface area contributed by atoms with Crippen molar-refractivity contribution >= 4 is 10.4 Å². The van der Waals surface area contributed by atoms with Crippen molar-refractivity contribution in [2.24, 2.45) is 0 Å². The summed E-state index contributed by atoms with van der Waals surface area (Å²) in [7, 11) is -3.94. The summed E-state index contributed by atoms with van der Waals surface area (Å²) < 4.78 is 42.8. The van der Waals surface area contributed by atoms with Gasteiger partial charge in [-0.15, -0.1) is 0 Å². The Morgan fingerprint density at radius 1 is 0.565 bits per heavy atom. The van der Waals surface area contributed by atoms with Crippen LogP contribution in [-0.4, -0.2) is 48.1 Å². The minimum absolute atomic E-state index is 0.0199. The van der Waals surface area contributed by atoms with Gasteiger partial charge in [0.2, 0.25) is 0 Å². The average Bonchev–Trinajstić information content (AvgIpc) is 2.52. The first kappa shape index (κ1) is 22.8. The van der Waals surface area contributed by atoms with E-state index in [1.165, 1.54) is 25.7 Å². The fraction of sp³-hybridized carbons (Fsp3) is 1.00. The normalized spacial score (nSPS) is 11.9. The second-order valence-electron chi connectivity index (χ2n) is 5.40. The zero-order valence-corrected chi connectivity index (χ0v) is 15.6. The molecule has 0 aromatic heterocycles. The Labute approximate surface area is 142 Å². The Hall–Kier alpha value is -0.210. The quantitative estimate of drug-likeness (QED) is 0.351. The lowest BCUT2D eigenvalue weighted by Crippen LogP contribution is -2.17. The Kier molecular flexibility index (Phi) is 16.5. The van der Waals surface area contributed by atoms with Gasteiger partial charge >= 0.3 is 10.4 Å². The number of rotatable bonds is 18. The van der Waals surface area contributed by atoms with Gasteiger partial charge in [-0.1, -0.05) is 52.4 Å². The minimum atomic E-state index is -3.94. The number of hydrogen-bond donors (Lipinski definition) is 0.